The lowest BCUT2D eigenvalue weighted by Crippen LogP contribution is -2.30. The van der Waals surface area contributed by atoms with Crippen LogP contribution in [0.15, 0.2) is 42.6 Å². The summed E-state index contributed by atoms with van der Waals surface area (Å²) in [4.78, 5) is 27.9. The van der Waals surface area contributed by atoms with Gasteiger partial charge in [-0.15, -0.1) is 0 Å². The number of aromatic nitrogens is 1. The number of hydrogen-bond donors (Lipinski definition) is 1. The number of carbonyl (C=O) groups excluding carboxylic acids is 2. The molecule has 1 aromatic heterocycles. The van der Waals surface area contributed by atoms with Gasteiger partial charge in [-0.2, -0.15) is 8.78 Å². The largest absolute Gasteiger partial charge is 0.449 e. The van der Waals surface area contributed by atoms with Crippen molar-refractivity contribution in [3.05, 3.63) is 53.2 Å². The van der Waals surface area contributed by atoms with E-state index in [0.717, 1.165) is 6.07 Å². The number of ether oxygens (including phenoxy) is 2. The number of esters is 1. The van der Waals surface area contributed by atoms with Gasteiger partial charge in [-0.25, -0.2) is 9.78 Å². The minimum Gasteiger partial charge on any atom is -0.449 e. The standard InChI is InChI=1S/C16H13ClF2N2O4/c1-9(14(22)21-13-6-5-11(17)8-20-13)24-15(23)10-3-2-4-12(7-10)25-16(18)19/h2-9,16H,1H3,(H,20,21,22)/t9-/m1/s1. The molecule has 0 aliphatic rings. The highest BCUT2D eigenvalue weighted by molar-refractivity contribution is 6.30. The fourth-order valence-corrected chi connectivity index (χ4v) is 1.87. The van der Waals surface area contributed by atoms with Gasteiger partial charge in [-0.1, -0.05) is 17.7 Å². The molecule has 1 atom stereocenters. The zero-order chi connectivity index (χ0) is 18.4. The van der Waals surface area contributed by atoms with Gasteiger partial charge in [-0.05, 0) is 37.3 Å². The van der Waals surface area contributed by atoms with E-state index in [1.54, 1.807) is 0 Å². The van der Waals surface area contributed by atoms with Crippen LogP contribution in [0.1, 0.15) is 17.3 Å². The average molecular weight is 371 g/mol. The maximum atomic E-state index is 12.2. The minimum atomic E-state index is -3.01. The Morgan fingerprint density at radius 2 is 2.00 bits per heavy atom. The van der Waals surface area contributed by atoms with Crippen molar-refractivity contribution in [2.75, 3.05) is 5.32 Å². The molecule has 0 spiro atoms. The number of benzene rings is 1. The van der Waals surface area contributed by atoms with E-state index in [2.05, 4.69) is 15.0 Å². The highest BCUT2D eigenvalue weighted by Gasteiger charge is 2.20. The van der Waals surface area contributed by atoms with Gasteiger partial charge in [0.05, 0.1) is 10.6 Å². The zero-order valence-electron chi connectivity index (χ0n) is 12.9. The number of pyridine rings is 1. The number of rotatable bonds is 6. The molecule has 0 aliphatic carbocycles. The Morgan fingerprint density at radius 1 is 1.24 bits per heavy atom. The number of carbonyl (C=O) groups is 2. The summed E-state index contributed by atoms with van der Waals surface area (Å²) in [6, 6.07) is 8.10. The predicted octanol–water partition coefficient (Wildman–Crippen LogP) is 3.52. The van der Waals surface area contributed by atoms with E-state index in [1.165, 1.54) is 43.5 Å². The summed E-state index contributed by atoms with van der Waals surface area (Å²) >= 11 is 5.69. The molecule has 0 unspecified atom stereocenters. The smallest absolute Gasteiger partial charge is 0.387 e. The topological polar surface area (TPSA) is 77.5 Å². The zero-order valence-corrected chi connectivity index (χ0v) is 13.7. The highest BCUT2D eigenvalue weighted by Crippen LogP contribution is 2.17. The molecule has 2 rings (SSSR count). The van der Waals surface area contributed by atoms with Crippen molar-refractivity contribution in [1.29, 1.82) is 0 Å². The van der Waals surface area contributed by atoms with E-state index < -0.39 is 24.6 Å². The monoisotopic (exact) mass is 370 g/mol. The molecule has 1 amide bonds. The first-order valence-electron chi connectivity index (χ1n) is 7.03. The van der Waals surface area contributed by atoms with Crippen LogP contribution in [0.2, 0.25) is 5.02 Å². The molecule has 2 aromatic rings. The van der Waals surface area contributed by atoms with Gasteiger partial charge in [0.15, 0.2) is 6.10 Å². The van der Waals surface area contributed by atoms with Gasteiger partial charge in [0.25, 0.3) is 5.91 Å². The van der Waals surface area contributed by atoms with Crippen molar-refractivity contribution < 1.29 is 27.8 Å². The normalized spacial score (nSPS) is 11.7. The molecule has 132 valence electrons. The molecule has 0 radical (unpaired) electrons. The van der Waals surface area contributed by atoms with Crippen molar-refractivity contribution in [2.24, 2.45) is 0 Å². The van der Waals surface area contributed by atoms with Gasteiger partial charge in [-0.3, -0.25) is 4.79 Å². The number of alkyl halides is 2. The molecule has 0 bridgehead atoms. The lowest BCUT2D eigenvalue weighted by molar-refractivity contribution is -0.123. The Kier molecular flexibility index (Phi) is 6.24. The van der Waals surface area contributed by atoms with Gasteiger partial charge in [0.2, 0.25) is 0 Å². The fourth-order valence-electron chi connectivity index (χ4n) is 1.76. The average Bonchev–Trinajstić information content (AvgIpc) is 2.56. The summed E-state index contributed by atoms with van der Waals surface area (Å²) in [5.41, 5.74) is -0.0255. The summed E-state index contributed by atoms with van der Waals surface area (Å²) in [5.74, 6) is -1.41. The van der Waals surface area contributed by atoms with Crippen LogP contribution in [0.4, 0.5) is 14.6 Å². The third-order valence-electron chi connectivity index (χ3n) is 2.93. The van der Waals surface area contributed by atoms with Crippen LogP contribution in [0.25, 0.3) is 0 Å². The molecular weight excluding hydrogens is 358 g/mol. The maximum Gasteiger partial charge on any atom is 0.387 e. The van der Waals surface area contributed by atoms with Gasteiger partial charge in [0, 0.05) is 6.20 Å². The van der Waals surface area contributed by atoms with Crippen molar-refractivity contribution >= 4 is 29.3 Å². The van der Waals surface area contributed by atoms with E-state index in [0.29, 0.717) is 5.02 Å². The summed E-state index contributed by atoms with van der Waals surface area (Å²) < 4.78 is 33.6. The van der Waals surface area contributed by atoms with Crippen molar-refractivity contribution in [3.8, 4) is 5.75 Å². The Balaban J connectivity index is 1.97. The Morgan fingerprint density at radius 3 is 2.64 bits per heavy atom. The van der Waals surface area contributed by atoms with E-state index in [9.17, 15) is 18.4 Å². The fraction of sp³-hybridized carbons (Fsp3) is 0.188. The van der Waals surface area contributed by atoms with E-state index in [1.807, 2.05) is 0 Å². The lowest BCUT2D eigenvalue weighted by atomic mass is 10.2. The SMILES string of the molecule is C[C@@H](OC(=O)c1cccc(OC(F)F)c1)C(=O)Nc1ccc(Cl)cn1. The Labute approximate surface area is 146 Å². The molecule has 0 aliphatic heterocycles. The number of anilines is 1. The molecule has 0 fully saturated rings. The second kappa shape index (κ2) is 8.39. The molecule has 0 saturated carbocycles. The maximum absolute atomic E-state index is 12.2. The van der Waals surface area contributed by atoms with Gasteiger partial charge >= 0.3 is 12.6 Å². The van der Waals surface area contributed by atoms with Crippen LogP contribution in [0.5, 0.6) is 5.75 Å². The van der Waals surface area contributed by atoms with Crippen LogP contribution in [-0.2, 0) is 9.53 Å². The number of nitrogens with zero attached hydrogens (tertiary/aromatic N) is 1. The minimum absolute atomic E-state index is 0.0255. The molecule has 9 heteroatoms. The van der Waals surface area contributed by atoms with Crippen LogP contribution in [0.3, 0.4) is 0 Å². The van der Waals surface area contributed by atoms with Crippen molar-refractivity contribution in [1.82, 2.24) is 4.98 Å². The van der Waals surface area contributed by atoms with Crippen molar-refractivity contribution in [2.45, 2.75) is 19.6 Å². The number of amides is 1. The summed E-state index contributed by atoms with van der Waals surface area (Å²) in [6.45, 7) is -1.65. The van der Waals surface area contributed by atoms with Crippen molar-refractivity contribution in [3.63, 3.8) is 0 Å². The molecule has 1 N–H and O–H groups in total. The highest BCUT2D eigenvalue weighted by atomic mass is 35.5. The molecule has 25 heavy (non-hydrogen) atoms. The molecular formula is C16H13ClF2N2O4. The van der Waals surface area contributed by atoms with E-state index >= 15 is 0 Å². The first kappa shape index (κ1) is 18.6. The van der Waals surface area contributed by atoms with Crippen LogP contribution in [-0.4, -0.2) is 29.6 Å². The third kappa shape index (κ3) is 5.68. The first-order chi connectivity index (χ1) is 11.8. The van der Waals surface area contributed by atoms with E-state index in [4.69, 9.17) is 16.3 Å². The molecule has 1 aromatic carbocycles. The van der Waals surface area contributed by atoms with Crippen LogP contribution >= 0.6 is 11.6 Å². The summed E-state index contributed by atoms with van der Waals surface area (Å²) in [5, 5.41) is 2.86. The second-order valence-electron chi connectivity index (χ2n) is 4.80. The van der Waals surface area contributed by atoms with E-state index in [-0.39, 0.29) is 17.1 Å². The first-order valence-corrected chi connectivity index (χ1v) is 7.41. The molecule has 0 saturated heterocycles. The molecule has 1 heterocycles. The quantitative estimate of drug-likeness (QED) is 0.787. The van der Waals surface area contributed by atoms with Gasteiger partial charge < -0.3 is 14.8 Å². The Bertz CT molecular complexity index is 756. The lowest BCUT2D eigenvalue weighted by Gasteiger charge is -2.13. The predicted molar refractivity (Wildman–Crippen MR) is 85.8 cm³/mol. The second-order valence-corrected chi connectivity index (χ2v) is 5.24. The third-order valence-corrected chi connectivity index (χ3v) is 3.15. The van der Waals surface area contributed by atoms with Gasteiger partial charge in [0.1, 0.15) is 11.6 Å². The number of halogens is 3. The summed E-state index contributed by atoms with van der Waals surface area (Å²) in [6.07, 6.45) is 0.215. The number of nitrogens with one attached hydrogen (secondary N) is 1. The Hall–Kier alpha value is -2.74. The molecule has 6 nitrogen and oxygen atoms in total. The number of hydrogen-bond acceptors (Lipinski definition) is 5. The van der Waals surface area contributed by atoms with Crippen LogP contribution in [0, 0.1) is 0 Å². The van der Waals surface area contributed by atoms with Crippen LogP contribution < -0.4 is 10.1 Å². The summed E-state index contributed by atoms with van der Waals surface area (Å²) in [7, 11) is 0.